The van der Waals surface area contributed by atoms with E-state index in [1.54, 1.807) is 13.3 Å². The molecule has 0 N–H and O–H groups in total. The highest BCUT2D eigenvalue weighted by molar-refractivity contribution is 5.48. The lowest BCUT2D eigenvalue weighted by molar-refractivity contribution is -0.0839. The zero-order chi connectivity index (χ0) is 20.4. The SMILES string of the molecule is COC1(c2nc(-c3ccccn3)no2)CCN(Cc2cccc3c2OCCO3)CC1. The Bertz CT molecular complexity index is 999. The molecule has 1 saturated heterocycles. The lowest BCUT2D eigenvalue weighted by Crippen LogP contribution is -2.43. The van der Waals surface area contributed by atoms with Crippen molar-refractivity contribution in [2.75, 3.05) is 33.4 Å². The zero-order valence-electron chi connectivity index (χ0n) is 16.9. The van der Waals surface area contributed by atoms with Gasteiger partial charge in [-0.3, -0.25) is 9.88 Å². The third-order valence-electron chi connectivity index (χ3n) is 5.81. The molecule has 1 aromatic carbocycles. The Labute approximate surface area is 174 Å². The molecule has 0 aliphatic carbocycles. The zero-order valence-corrected chi connectivity index (χ0v) is 16.9. The molecule has 2 aromatic heterocycles. The minimum atomic E-state index is -0.577. The van der Waals surface area contributed by atoms with Crippen LogP contribution in [0.25, 0.3) is 11.5 Å². The molecule has 2 aliphatic heterocycles. The Morgan fingerprint density at radius 1 is 1.07 bits per heavy atom. The summed E-state index contributed by atoms with van der Waals surface area (Å²) in [4.78, 5) is 11.3. The van der Waals surface area contributed by atoms with Crippen molar-refractivity contribution in [2.24, 2.45) is 0 Å². The summed E-state index contributed by atoms with van der Waals surface area (Å²) >= 11 is 0. The second-order valence-corrected chi connectivity index (χ2v) is 7.55. The number of piperidine rings is 1. The molecule has 30 heavy (non-hydrogen) atoms. The van der Waals surface area contributed by atoms with Crippen molar-refractivity contribution in [3.8, 4) is 23.0 Å². The minimum absolute atomic E-state index is 0.484. The number of likely N-dealkylation sites (tertiary alicyclic amines) is 1. The highest BCUT2D eigenvalue weighted by Crippen LogP contribution is 2.38. The standard InChI is InChI=1S/C22H24N4O4/c1-27-22(21-24-20(25-30-21)17-6-2-3-10-23-17)8-11-26(12-9-22)15-16-5-4-7-18-19(16)29-14-13-28-18/h2-7,10H,8-9,11-15H2,1H3. The van der Waals surface area contributed by atoms with Gasteiger partial charge in [-0.15, -0.1) is 0 Å². The fourth-order valence-corrected chi connectivity index (χ4v) is 4.08. The number of fused-ring (bicyclic) bond motifs is 1. The number of hydrogen-bond acceptors (Lipinski definition) is 8. The average molecular weight is 408 g/mol. The van der Waals surface area contributed by atoms with Crippen molar-refractivity contribution in [1.82, 2.24) is 20.0 Å². The van der Waals surface area contributed by atoms with Crippen LogP contribution in [0.4, 0.5) is 0 Å². The van der Waals surface area contributed by atoms with Crippen LogP contribution in [0.2, 0.25) is 0 Å². The number of aromatic nitrogens is 3. The van der Waals surface area contributed by atoms with Crippen LogP contribution in [0.5, 0.6) is 11.5 Å². The van der Waals surface area contributed by atoms with E-state index >= 15 is 0 Å². The first-order valence-electron chi connectivity index (χ1n) is 10.2. The highest BCUT2D eigenvalue weighted by Gasteiger charge is 2.41. The van der Waals surface area contributed by atoms with Gasteiger partial charge in [-0.05, 0) is 31.0 Å². The smallest absolute Gasteiger partial charge is 0.259 e. The van der Waals surface area contributed by atoms with Gasteiger partial charge in [-0.25, -0.2) is 0 Å². The Kier molecular flexibility index (Phi) is 5.10. The third kappa shape index (κ3) is 3.53. The Morgan fingerprint density at radius 3 is 2.73 bits per heavy atom. The molecule has 4 heterocycles. The molecule has 156 valence electrons. The van der Waals surface area contributed by atoms with E-state index in [1.807, 2.05) is 30.3 Å². The first-order chi connectivity index (χ1) is 14.8. The van der Waals surface area contributed by atoms with Crippen LogP contribution in [-0.2, 0) is 16.9 Å². The van der Waals surface area contributed by atoms with E-state index in [9.17, 15) is 0 Å². The van der Waals surface area contributed by atoms with Crippen molar-refractivity contribution in [2.45, 2.75) is 25.0 Å². The molecule has 0 bridgehead atoms. The van der Waals surface area contributed by atoms with Crippen LogP contribution in [0.1, 0.15) is 24.3 Å². The van der Waals surface area contributed by atoms with Crippen molar-refractivity contribution in [1.29, 1.82) is 0 Å². The maximum absolute atomic E-state index is 5.92. The number of benzene rings is 1. The van der Waals surface area contributed by atoms with Crippen molar-refractivity contribution < 1.29 is 18.7 Å². The molecular weight excluding hydrogens is 384 g/mol. The van der Waals surface area contributed by atoms with E-state index in [-0.39, 0.29) is 0 Å². The summed E-state index contributed by atoms with van der Waals surface area (Å²) in [5, 5.41) is 4.12. The van der Waals surface area contributed by atoms with Gasteiger partial charge >= 0.3 is 0 Å². The molecule has 0 atom stereocenters. The van der Waals surface area contributed by atoms with Gasteiger partial charge in [0.25, 0.3) is 5.89 Å². The molecule has 3 aromatic rings. The number of methoxy groups -OCH3 is 1. The third-order valence-corrected chi connectivity index (χ3v) is 5.81. The molecule has 0 spiro atoms. The molecule has 2 aliphatic rings. The number of hydrogen-bond donors (Lipinski definition) is 0. The first-order valence-corrected chi connectivity index (χ1v) is 10.2. The average Bonchev–Trinajstić information content (AvgIpc) is 3.32. The van der Waals surface area contributed by atoms with Crippen molar-refractivity contribution >= 4 is 0 Å². The molecule has 8 heteroatoms. The summed E-state index contributed by atoms with van der Waals surface area (Å²) in [6.07, 6.45) is 3.24. The monoisotopic (exact) mass is 408 g/mol. The molecule has 0 radical (unpaired) electrons. The van der Waals surface area contributed by atoms with Crippen LogP contribution < -0.4 is 9.47 Å². The summed E-state index contributed by atoms with van der Waals surface area (Å²) in [5.41, 5.74) is 1.26. The van der Waals surface area contributed by atoms with E-state index in [4.69, 9.17) is 18.7 Å². The van der Waals surface area contributed by atoms with Gasteiger partial charge < -0.3 is 18.7 Å². The van der Waals surface area contributed by atoms with E-state index in [0.717, 1.165) is 49.5 Å². The predicted molar refractivity (Wildman–Crippen MR) is 108 cm³/mol. The van der Waals surface area contributed by atoms with Gasteiger partial charge in [0.05, 0.1) is 0 Å². The summed E-state index contributed by atoms with van der Waals surface area (Å²) in [5.74, 6) is 2.69. The second kappa shape index (κ2) is 8.04. The summed E-state index contributed by atoms with van der Waals surface area (Å²) in [6, 6.07) is 11.7. The molecule has 0 saturated carbocycles. The van der Waals surface area contributed by atoms with Gasteiger partial charge in [-0.1, -0.05) is 23.4 Å². The van der Waals surface area contributed by atoms with Crippen LogP contribution in [0, 0.1) is 0 Å². The molecular formula is C22H24N4O4. The molecule has 0 unspecified atom stereocenters. The maximum atomic E-state index is 5.92. The molecule has 8 nitrogen and oxygen atoms in total. The van der Waals surface area contributed by atoms with E-state index in [1.165, 1.54) is 0 Å². The normalized spacial score (nSPS) is 18.3. The number of pyridine rings is 1. The van der Waals surface area contributed by atoms with Crippen molar-refractivity contribution in [3.63, 3.8) is 0 Å². The van der Waals surface area contributed by atoms with Crippen LogP contribution in [0.3, 0.4) is 0 Å². The highest BCUT2D eigenvalue weighted by atomic mass is 16.6. The van der Waals surface area contributed by atoms with Crippen LogP contribution >= 0.6 is 0 Å². The first kappa shape index (κ1) is 19.0. The lowest BCUT2D eigenvalue weighted by Gasteiger charge is -2.38. The Morgan fingerprint density at radius 2 is 1.93 bits per heavy atom. The van der Waals surface area contributed by atoms with Gasteiger partial charge in [0, 0.05) is 38.5 Å². The number of ether oxygens (including phenoxy) is 3. The fraction of sp³-hybridized carbons (Fsp3) is 0.409. The lowest BCUT2D eigenvalue weighted by atomic mass is 9.90. The largest absolute Gasteiger partial charge is 0.486 e. The topological polar surface area (TPSA) is 82.7 Å². The van der Waals surface area contributed by atoms with Crippen LogP contribution in [0.15, 0.2) is 47.1 Å². The Balaban J connectivity index is 1.29. The quantitative estimate of drug-likeness (QED) is 0.637. The van der Waals surface area contributed by atoms with E-state index < -0.39 is 5.60 Å². The fourth-order valence-electron chi connectivity index (χ4n) is 4.08. The summed E-state index contributed by atoms with van der Waals surface area (Å²) < 4.78 is 23.1. The van der Waals surface area contributed by atoms with Gasteiger partial charge in [0.15, 0.2) is 11.5 Å². The number of nitrogens with zero attached hydrogens (tertiary/aromatic N) is 4. The van der Waals surface area contributed by atoms with Crippen molar-refractivity contribution in [3.05, 3.63) is 54.0 Å². The number of rotatable bonds is 5. The minimum Gasteiger partial charge on any atom is -0.486 e. The maximum Gasteiger partial charge on any atom is 0.259 e. The second-order valence-electron chi connectivity index (χ2n) is 7.55. The van der Waals surface area contributed by atoms with Gasteiger partial charge in [0.2, 0.25) is 5.82 Å². The van der Waals surface area contributed by atoms with E-state index in [2.05, 4.69) is 26.1 Å². The number of para-hydroxylation sites is 1. The predicted octanol–water partition coefficient (Wildman–Crippen LogP) is 3.04. The summed E-state index contributed by atoms with van der Waals surface area (Å²) in [7, 11) is 1.71. The van der Waals surface area contributed by atoms with E-state index in [0.29, 0.717) is 30.6 Å². The molecule has 5 rings (SSSR count). The molecule has 0 amide bonds. The summed E-state index contributed by atoms with van der Waals surface area (Å²) in [6.45, 7) is 3.68. The molecule has 1 fully saturated rings. The van der Waals surface area contributed by atoms with Gasteiger partial charge in [-0.2, -0.15) is 4.98 Å². The Hall–Kier alpha value is -2.97. The van der Waals surface area contributed by atoms with Gasteiger partial charge in [0.1, 0.15) is 24.5 Å². The van der Waals surface area contributed by atoms with Crippen LogP contribution in [-0.4, -0.2) is 53.4 Å².